The van der Waals surface area contributed by atoms with Crippen LogP contribution in [0.25, 0.3) is 22.1 Å². The molecule has 2 aromatic carbocycles. The molecular formula is C17H14O2. The minimum absolute atomic E-state index is 0.0202. The zero-order valence-corrected chi connectivity index (χ0v) is 10.9. The molecule has 0 bridgehead atoms. The van der Waals surface area contributed by atoms with Crippen molar-refractivity contribution in [2.45, 2.75) is 13.8 Å². The normalized spacial score (nSPS) is 10.8. The predicted octanol–water partition coefficient (Wildman–Crippen LogP) is 4.08. The van der Waals surface area contributed by atoms with Gasteiger partial charge in [-0.05, 0) is 31.5 Å². The van der Waals surface area contributed by atoms with Gasteiger partial charge in [-0.3, -0.25) is 4.79 Å². The van der Waals surface area contributed by atoms with E-state index in [4.69, 9.17) is 4.42 Å². The molecule has 3 rings (SSSR count). The molecule has 1 heterocycles. The maximum atomic E-state index is 12.5. The van der Waals surface area contributed by atoms with E-state index in [1.165, 1.54) is 0 Å². The Hall–Kier alpha value is -2.35. The number of fused-ring (bicyclic) bond motifs is 1. The molecule has 0 unspecified atom stereocenters. The summed E-state index contributed by atoms with van der Waals surface area (Å²) in [6, 6.07) is 13.4. The molecule has 94 valence electrons. The summed E-state index contributed by atoms with van der Waals surface area (Å²) >= 11 is 0. The van der Waals surface area contributed by atoms with Crippen molar-refractivity contribution in [1.82, 2.24) is 0 Å². The van der Waals surface area contributed by atoms with Crippen molar-refractivity contribution in [1.29, 1.82) is 0 Å². The average Bonchev–Trinajstić information content (AvgIpc) is 2.38. The molecule has 0 fully saturated rings. The Morgan fingerprint density at radius 3 is 2.37 bits per heavy atom. The van der Waals surface area contributed by atoms with Gasteiger partial charge in [-0.15, -0.1) is 0 Å². The predicted molar refractivity (Wildman–Crippen MR) is 77.4 cm³/mol. The van der Waals surface area contributed by atoms with Gasteiger partial charge in [0, 0.05) is 0 Å². The molecule has 0 amide bonds. The van der Waals surface area contributed by atoms with Crippen LogP contribution in [0.3, 0.4) is 0 Å². The number of hydrogen-bond donors (Lipinski definition) is 0. The lowest BCUT2D eigenvalue weighted by atomic mass is 10.0. The van der Waals surface area contributed by atoms with Crippen molar-refractivity contribution in [2.75, 3.05) is 0 Å². The van der Waals surface area contributed by atoms with Crippen molar-refractivity contribution in [2.24, 2.45) is 0 Å². The fraction of sp³-hybridized carbons (Fsp3) is 0.118. The number of para-hydroxylation sites is 1. The van der Waals surface area contributed by atoms with Gasteiger partial charge in [0.1, 0.15) is 11.8 Å². The van der Waals surface area contributed by atoms with Crippen LogP contribution in [-0.4, -0.2) is 0 Å². The Bertz CT molecular complexity index is 793. The summed E-state index contributed by atoms with van der Waals surface area (Å²) in [6.45, 7) is 4.05. The minimum Gasteiger partial charge on any atom is -0.463 e. The summed E-state index contributed by atoms with van der Waals surface area (Å²) < 4.78 is 5.56. The second-order valence-corrected chi connectivity index (χ2v) is 4.85. The summed E-state index contributed by atoms with van der Waals surface area (Å²) in [6.07, 6.45) is 1.55. The van der Waals surface area contributed by atoms with Gasteiger partial charge in [-0.25, -0.2) is 0 Å². The number of hydrogen-bond acceptors (Lipinski definition) is 2. The molecule has 0 aliphatic heterocycles. The molecule has 0 saturated carbocycles. The van der Waals surface area contributed by atoms with Gasteiger partial charge in [0.2, 0.25) is 0 Å². The molecule has 0 spiro atoms. The first-order valence-corrected chi connectivity index (χ1v) is 6.24. The van der Waals surface area contributed by atoms with Gasteiger partial charge >= 0.3 is 0 Å². The maximum Gasteiger partial charge on any atom is 0.200 e. The molecule has 0 atom stereocenters. The van der Waals surface area contributed by atoms with E-state index in [9.17, 15) is 4.79 Å². The standard InChI is InChI=1S/C17H14O2/c1-11-7-12(2)9-13(8-11)15-10-19-16-6-4-3-5-14(16)17(15)18/h3-10H,1-2H3. The quantitative estimate of drug-likeness (QED) is 0.651. The van der Waals surface area contributed by atoms with E-state index in [1.807, 2.05) is 44.2 Å². The van der Waals surface area contributed by atoms with Crippen LogP contribution in [0.5, 0.6) is 0 Å². The van der Waals surface area contributed by atoms with E-state index >= 15 is 0 Å². The van der Waals surface area contributed by atoms with Crippen LogP contribution in [0.2, 0.25) is 0 Å². The summed E-state index contributed by atoms with van der Waals surface area (Å²) in [7, 11) is 0. The fourth-order valence-electron chi connectivity index (χ4n) is 2.41. The summed E-state index contributed by atoms with van der Waals surface area (Å²) in [5, 5.41) is 0.624. The molecule has 0 saturated heterocycles. The van der Waals surface area contributed by atoms with Crippen LogP contribution in [0, 0.1) is 13.8 Å². The van der Waals surface area contributed by atoms with Crippen molar-refractivity contribution in [3.8, 4) is 11.1 Å². The van der Waals surface area contributed by atoms with Crippen molar-refractivity contribution in [3.05, 3.63) is 70.1 Å². The highest BCUT2D eigenvalue weighted by molar-refractivity contribution is 5.81. The molecule has 0 radical (unpaired) electrons. The van der Waals surface area contributed by atoms with Crippen LogP contribution < -0.4 is 5.43 Å². The summed E-state index contributed by atoms with van der Waals surface area (Å²) in [5.41, 5.74) is 4.46. The van der Waals surface area contributed by atoms with E-state index in [-0.39, 0.29) is 5.43 Å². The SMILES string of the molecule is Cc1cc(C)cc(-c2coc3ccccc3c2=O)c1. The van der Waals surface area contributed by atoms with Gasteiger partial charge in [0.05, 0.1) is 10.9 Å². The molecule has 2 nitrogen and oxygen atoms in total. The molecule has 0 N–H and O–H groups in total. The lowest BCUT2D eigenvalue weighted by molar-refractivity contribution is 0.604. The second kappa shape index (κ2) is 4.39. The molecule has 0 aliphatic carbocycles. The molecule has 19 heavy (non-hydrogen) atoms. The van der Waals surface area contributed by atoms with Gasteiger partial charge < -0.3 is 4.42 Å². The second-order valence-electron chi connectivity index (χ2n) is 4.85. The van der Waals surface area contributed by atoms with E-state index in [1.54, 1.807) is 12.3 Å². The highest BCUT2D eigenvalue weighted by atomic mass is 16.3. The number of aryl methyl sites for hydroxylation is 2. The lowest BCUT2D eigenvalue weighted by Crippen LogP contribution is -2.04. The van der Waals surface area contributed by atoms with Crippen LogP contribution >= 0.6 is 0 Å². The monoisotopic (exact) mass is 250 g/mol. The third kappa shape index (κ3) is 2.06. The van der Waals surface area contributed by atoms with E-state index < -0.39 is 0 Å². The smallest absolute Gasteiger partial charge is 0.200 e. The molecule has 1 aromatic heterocycles. The minimum atomic E-state index is 0.0202. The lowest BCUT2D eigenvalue weighted by Gasteiger charge is -2.05. The van der Waals surface area contributed by atoms with Crippen LogP contribution in [0.15, 0.2) is 57.9 Å². The van der Waals surface area contributed by atoms with Crippen LogP contribution in [0.1, 0.15) is 11.1 Å². The van der Waals surface area contributed by atoms with Crippen molar-refractivity contribution >= 4 is 11.0 Å². The largest absolute Gasteiger partial charge is 0.463 e. The third-order valence-corrected chi connectivity index (χ3v) is 3.21. The average molecular weight is 250 g/mol. The zero-order valence-electron chi connectivity index (χ0n) is 10.9. The van der Waals surface area contributed by atoms with E-state index in [0.29, 0.717) is 16.5 Å². The number of benzene rings is 2. The summed E-state index contributed by atoms with van der Waals surface area (Å²) in [4.78, 5) is 12.5. The van der Waals surface area contributed by atoms with Gasteiger partial charge in [0.25, 0.3) is 0 Å². The first kappa shape index (κ1) is 11.7. The van der Waals surface area contributed by atoms with Gasteiger partial charge in [-0.1, -0.05) is 41.5 Å². The van der Waals surface area contributed by atoms with E-state index in [2.05, 4.69) is 6.07 Å². The summed E-state index contributed by atoms with van der Waals surface area (Å²) in [5.74, 6) is 0. The van der Waals surface area contributed by atoms with Gasteiger partial charge in [0.15, 0.2) is 5.43 Å². The first-order chi connectivity index (χ1) is 9.15. The third-order valence-electron chi connectivity index (χ3n) is 3.21. The van der Waals surface area contributed by atoms with Crippen LogP contribution in [0.4, 0.5) is 0 Å². The number of rotatable bonds is 1. The molecule has 0 aliphatic rings. The molecule has 3 aromatic rings. The maximum absolute atomic E-state index is 12.5. The highest BCUT2D eigenvalue weighted by Gasteiger charge is 2.09. The zero-order chi connectivity index (χ0) is 13.4. The molecule has 2 heteroatoms. The van der Waals surface area contributed by atoms with Crippen LogP contribution in [-0.2, 0) is 0 Å². The Balaban J connectivity index is 2.31. The topological polar surface area (TPSA) is 30.2 Å². The molecular weight excluding hydrogens is 236 g/mol. The Morgan fingerprint density at radius 2 is 1.63 bits per heavy atom. The Kier molecular flexibility index (Phi) is 2.71. The van der Waals surface area contributed by atoms with Crippen molar-refractivity contribution < 1.29 is 4.42 Å². The Labute approximate surface area is 111 Å². The van der Waals surface area contributed by atoms with E-state index in [0.717, 1.165) is 16.7 Å². The Morgan fingerprint density at radius 1 is 0.947 bits per heavy atom. The van der Waals surface area contributed by atoms with Gasteiger partial charge in [-0.2, -0.15) is 0 Å². The van der Waals surface area contributed by atoms with Crippen molar-refractivity contribution in [3.63, 3.8) is 0 Å². The first-order valence-electron chi connectivity index (χ1n) is 6.24. The fourth-order valence-corrected chi connectivity index (χ4v) is 2.41. The highest BCUT2D eigenvalue weighted by Crippen LogP contribution is 2.21.